The summed E-state index contributed by atoms with van der Waals surface area (Å²) in [6, 6.07) is 13.6. The van der Waals surface area contributed by atoms with Crippen molar-refractivity contribution in [2.24, 2.45) is 0 Å². The maximum atomic E-state index is 13.1. The molecular weight excluding hydrogens is 426 g/mol. The van der Waals surface area contributed by atoms with E-state index in [2.05, 4.69) is 33.7 Å². The van der Waals surface area contributed by atoms with E-state index in [0.29, 0.717) is 12.8 Å². The van der Waals surface area contributed by atoms with E-state index in [0.717, 1.165) is 55.9 Å². The van der Waals surface area contributed by atoms with Crippen LogP contribution < -0.4 is 20.3 Å². The standard InChI is InChI=1S/C28H37N3O3/c1-3-8-26(28(33)29-22-11-7-12-23(19-22)31-15-4-5-16-31)30-27(32)18-21-10-6-9-20-17-24(34-2)13-14-25(20)21/h7,11-14,17,19,21,26H,3-6,8-10,15-16,18H2,1-2H3,(H,29,33)(H,30,32). The number of hydrogen-bond donors (Lipinski definition) is 2. The number of aryl methyl sites for hydroxylation is 1. The highest BCUT2D eigenvalue weighted by Gasteiger charge is 2.26. The number of amides is 2. The van der Waals surface area contributed by atoms with Crippen LogP contribution in [-0.4, -0.2) is 38.1 Å². The molecule has 2 aliphatic rings. The number of carbonyl (C=O) groups is 2. The van der Waals surface area contributed by atoms with Gasteiger partial charge in [-0.1, -0.05) is 25.5 Å². The summed E-state index contributed by atoms with van der Waals surface area (Å²) in [5, 5.41) is 6.06. The predicted molar refractivity (Wildman–Crippen MR) is 137 cm³/mol. The maximum absolute atomic E-state index is 13.1. The Morgan fingerprint density at radius 1 is 1.12 bits per heavy atom. The van der Waals surface area contributed by atoms with Gasteiger partial charge in [-0.2, -0.15) is 0 Å². The number of nitrogens with one attached hydrogen (secondary N) is 2. The molecule has 0 spiro atoms. The number of benzene rings is 2. The third-order valence-corrected chi connectivity index (χ3v) is 7.03. The van der Waals surface area contributed by atoms with E-state index in [1.165, 1.54) is 24.0 Å². The predicted octanol–water partition coefficient (Wildman–Crippen LogP) is 5.03. The fraction of sp³-hybridized carbons (Fsp3) is 0.500. The van der Waals surface area contributed by atoms with Crippen LogP contribution in [0.3, 0.4) is 0 Å². The molecule has 2 atom stereocenters. The van der Waals surface area contributed by atoms with Crippen molar-refractivity contribution in [1.82, 2.24) is 5.32 Å². The van der Waals surface area contributed by atoms with Crippen molar-refractivity contribution in [2.45, 2.75) is 70.3 Å². The number of ether oxygens (including phenoxy) is 1. The van der Waals surface area contributed by atoms with Gasteiger partial charge in [-0.15, -0.1) is 0 Å². The number of nitrogens with zero attached hydrogens (tertiary/aromatic N) is 1. The van der Waals surface area contributed by atoms with Crippen LogP contribution in [0, 0.1) is 0 Å². The summed E-state index contributed by atoms with van der Waals surface area (Å²) < 4.78 is 5.36. The topological polar surface area (TPSA) is 70.7 Å². The first-order valence-corrected chi connectivity index (χ1v) is 12.7. The minimum absolute atomic E-state index is 0.0620. The highest BCUT2D eigenvalue weighted by atomic mass is 16.5. The zero-order valence-corrected chi connectivity index (χ0v) is 20.4. The molecule has 1 heterocycles. The first-order valence-electron chi connectivity index (χ1n) is 12.7. The second kappa shape index (κ2) is 11.4. The first kappa shape index (κ1) is 24.1. The molecule has 1 aliphatic carbocycles. The maximum Gasteiger partial charge on any atom is 0.246 e. The van der Waals surface area contributed by atoms with Crippen molar-refractivity contribution in [3.8, 4) is 5.75 Å². The highest BCUT2D eigenvalue weighted by Crippen LogP contribution is 2.35. The molecule has 0 saturated carbocycles. The molecule has 0 bridgehead atoms. The smallest absolute Gasteiger partial charge is 0.246 e. The minimum Gasteiger partial charge on any atom is -0.497 e. The van der Waals surface area contributed by atoms with Gasteiger partial charge in [0.05, 0.1) is 7.11 Å². The zero-order chi connectivity index (χ0) is 23.9. The van der Waals surface area contributed by atoms with Crippen molar-refractivity contribution in [3.63, 3.8) is 0 Å². The van der Waals surface area contributed by atoms with Crippen molar-refractivity contribution < 1.29 is 14.3 Å². The van der Waals surface area contributed by atoms with Crippen molar-refractivity contribution in [3.05, 3.63) is 53.6 Å². The largest absolute Gasteiger partial charge is 0.497 e. The number of hydrogen-bond acceptors (Lipinski definition) is 4. The van der Waals surface area contributed by atoms with Crippen molar-refractivity contribution >= 4 is 23.2 Å². The van der Waals surface area contributed by atoms with E-state index in [9.17, 15) is 9.59 Å². The molecule has 182 valence electrons. The summed E-state index contributed by atoms with van der Waals surface area (Å²) in [5.41, 5.74) is 4.42. The molecule has 6 heteroatoms. The van der Waals surface area contributed by atoms with E-state index < -0.39 is 6.04 Å². The van der Waals surface area contributed by atoms with Crippen molar-refractivity contribution in [1.29, 1.82) is 0 Å². The Morgan fingerprint density at radius 3 is 2.71 bits per heavy atom. The summed E-state index contributed by atoms with van der Waals surface area (Å²) in [5.74, 6) is 0.824. The van der Waals surface area contributed by atoms with Gasteiger partial charge in [0.1, 0.15) is 11.8 Å². The van der Waals surface area contributed by atoms with Gasteiger partial charge in [-0.3, -0.25) is 9.59 Å². The Hall–Kier alpha value is -3.02. The van der Waals surface area contributed by atoms with Gasteiger partial charge in [0.15, 0.2) is 0 Å². The molecular formula is C28H37N3O3. The van der Waals surface area contributed by atoms with Gasteiger partial charge in [0, 0.05) is 30.9 Å². The molecule has 2 unspecified atom stereocenters. The van der Waals surface area contributed by atoms with Crippen LogP contribution >= 0.6 is 0 Å². The van der Waals surface area contributed by atoms with Crippen LogP contribution in [0.25, 0.3) is 0 Å². The SMILES string of the molecule is CCCC(NC(=O)CC1CCCc2cc(OC)ccc21)C(=O)Nc1cccc(N2CCCC2)c1. The first-order chi connectivity index (χ1) is 16.6. The van der Waals surface area contributed by atoms with Crippen LogP contribution in [0.5, 0.6) is 5.75 Å². The minimum atomic E-state index is -0.535. The van der Waals surface area contributed by atoms with Crippen LogP contribution in [0.2, 0.25) is 0 Å². The number of methoxy groups -OCH3 is 1. The highest BCUT2D eigenvalue weighted by molar-refractivity contribution is 5.97. The van der Waals surface area contributed by atoms with Crippen LogP contribution in [0.1, 0.15) is 68.9 Å². The molecule has 6 nitrogen and oxygen atoms in total. The molecule has 2 N–H and O–H groups in total. The average Bonchev–Trinajstić information content (AvgIpc) is 3.39. The second-order valence-corrected chi connectivity index (χ2v) is 9.50. The normalized spacial score (nSPS) is 18.2. The molecule has 34 heavy (non-hydrogen) atoms. The number of rotatable bonds is 9. The molecule has 2 aromatic rings. The molecule has 1 saturated heterocycles. The van der Waals surface area contributed by atoms with Crippen LogP contribution in [-0.2, 0) is 16.0 Å². The van der Waals surface area contributed by atoms with E-state index in [1.807, 2.05) is 31.2 Å². The lowest BCUT2D eigenvalue weighted by Crippen LogP contribution is -2.44. The van der Waals surface area contributed by atoms with E-state index in [1.54, 1.807) is 7.11 Å². The van der Waals surface area contributed by atoms with E-state index >= 15 is 0 Å². The molecule has 1 aliphatic heterocycles. The molecule has 1 fully saturated rings. The van der Waals surface area contributed by atoms with Crippen LogP contribution in [0.4, 0.5) is 11.4 Å². The third-order valence-electron chi connectivity index (χ3n) is 7.03. The zero-order valence-electron chi connectivity index (χ0n) is 20.4. The summed E-state index contributed by atoms with van der Waals surface area (Å²) in [6.45, 7) is 4.15. The van der Waals surface area contributed by atoms with Gasteiger partial charge in [0.25, 0.3) is 0 Å². The molecule has 0 radical (unpaired) electrons. The third kappa shape index (κ3) is 5.91. The Morgan fingerprint density at radius 2 is 1.94 bits per heavy atom. The summed E-state index contributed by atoms with van der Waals surface area (Å²) >= 11 is 0. The Labute approximate surface area is 203 Å². The summed E-state index contributed by atoms with van der Waals surface area (Å²) in [7, 11) is 1.68. The number of carbonyl (C=O) groups excluding carboxylic acids is 2. The average molecular weight is 464 g/mol. The molecule has 4 rings (SSSR count). The van der Waals surface area contributed by atoms with E-state index in [-0.39, 0.29) is 17.7 Å². The molecule has 0 aromatic heterocycles. The summed E-state index contributed by atoms with van der Waals surface area (Å²) in [4.78, 5) is 28.4. The van der Waals surface area contributed by atoms with Gasteiger partial charge in [-0.05, 0) is 85.9 Å². The van der Waals surface area contributed by atoms with Gasteiger partial charge < -0.3 is 20.3 Å². The fourth-order valence-corrected chi connectivity index (χ4v) is 5.25. The van der Waals surface area contributed by atoms with Crippen LogP contribution in [0.15, 0.2) is 42.5 Å². The van der Waals surface area contributed by atoms with Gasteiger partial charge >= 0.3 is 0 Å². The van der Waals surface area contributed by atoms with Crippen molar-refractivity contribution in [2.75, 3.05) is 30.4 Å². The Kier molecular flexibility index (Phi) is 8.09. The molecule has 2 amide bonds. The lowest BCUT2D eigenvalue weighted by molar-refractivity contribution is -0.127. The lowest BCUT2D eigenvalue weighted by Gasteiger charge is -2.26. The van der Waals surface area contributed by atoms with Gasteiger partial charge in [-0.25, -0.2) is 0 Å². The quantitative estimate of drug-likeness (QED) is 0.547. The number of anilines is 2. The fourth-order valence-electron chi connectivity index (χ4n) is 5.25. The number of fused-ring (bicyclic) bond motifs is 1. The van der Waals surface area contributed by atoms with E-state index in [4.69, 9.17) is 4.74 Å². The Bertz CT molecular complexity index is 1000. The second-order valence-electron chi connectivity index (χ2n) is 9.50. The summed E-state index contributed by atoms with van der Waals surface area (Å²) in [6.07, 6.45) is 7.31. The van der Waals surface area contributed by atoms with Gasteiger partial charge in [0.2, 0.25) is 11.8 Å². The Balaban J connectivity index is 1.38. The monoisotopic (exact) mass is 463 g/mol. The lowest BCUT2D eigenvalue weighted by atomic mass is 9.81. The molecule has 2 aromatic carbocycles.